The molecule has 0 bridgehead atoms. The average molecular weight is 317 g/mol. The maximum absolute atomic E-state index is 10.6. The summed E-state index contributed by atoms with van der Waals surface area (Å²) in [5, 5.41) is 9.46. The SMILES string of the molecule is O=C(O)/C=C/c1cc(Cl)cc(Cl)c1OCC1CCCO1. The molecule has 0 spiro atoms. The van der Waals surface area contributed by atoms with E-state index in [0.717, 1.165) is 25.5 Å². The number of hydrogen-bond donors (Lipinski definition) is 1. The van der Waals surface area contributed by atoms with Crippen molar-refractivity contribution in [3.05, 3.63) is 33.8 Å². The van der Waals surface area contributed by atoms with Gasteiger partial charge >= 0.3 is 5.97 Å². The van der Waals surface area contributed by atoms with Crippen LogP contribution in [0.4, 0.5) is 0 Å². The second-order valence-electron chi connectivity index (χ2n) is 4.42. The van der Waals surface area contributed by atoms with E-state index in [1.165, 1.54) is 6.08 Å². The van der Waals surface area contributed by atoms with E-state index in [2.05, 4.69) is 0 Å². The second-order valence-corrected chi connectivity index (χ2v) is 5.27. The highest BCUT2D eigenvalue weighted by Crippen LogP contribution is 2.33. The predicted octanol–water partition coefficient (Wildman–Crippen LogP) is 3.65. The molecule has 1 heterocycles. The first-order valence-electron chi connectivity index (χ1n) is 6.20. The monoisotopic (exact) mass is 316 g/mol. The summed E-state index contributed by atoms with van der Waals surface area (Å²) in [6, 6.07) is 3.17. The molecule has 1 fully saturated rings. The van der Waals surface area contributed by atoms with Crippen LogP contribution in [0, 0.1) is 0 Å². The highest BCUT2D eigenvalue weighted by molar-refractivity contribution is 6.35. The number of carbonyl (C=O) groups is 1. The van der Waals surface area contributed by atoms with Crippen LogP contribution in [0.5, 0.6) is 5.75 Å². The Morgan fingerprint density at radius 3 is 2.95 bits per heavy atom. The minimum absolute atomic E-state index is 0.0537. The highest BCUT2D eigenvalue weighted by Gasteiger charge is 2.18. The Hall–Kier alpha value is -1.23. The van der Waals surface area contributed by atoms with Crippen LogP contribution in [0.25, 0.3) is 6.08 Å². The Morgan fingerprint density at radius 1 is 1.50 bits per heavy atom. The van der Waals surface area contributed by atoms with Gasteiger partial charge in [0.25, 0.3) is 0 Å². The second kappa shape index (κ2) is 6.97. The molecule has 1 atom stereocenters. The van der Waals surface area contributed by atoms with E-state index in [1.807, 2.05) is 0 Å². The molecule has 1 aromatic carbocycles. The largest absolute Gasteiger partial charge is 0.489 e. The topological polar surface area (TPSA) is 55.8 Å². The van der Waals surface area contributed by atoms with Crippen LogP contribution in [-0.4, -0.2) is 30.4 Å². The number of aliphatic carboxylic acids is 1. The lowest BCUT2D eigenvalue weighted by Gasteiger charge is -2.15. The van der Waals surface area contributed by atoms with Crippen molar-refractivity contribution >= 4 is 35.2 Å². The van der Waals surface area contributed by atoms with Crippen molar-refractivity contribution in [3.63, 3.8) is 0 Å². The molecule has 1 aromatic rings. The Morgan fingerprint density at radius 2 is 2.30 bits per heavy atom. The Balaban J connectivity index is 2.17. The molecule has 0 saturated carbocycles. The smallest absolute Gasteiger partial charge is 0.328 e. The number of carboxylic acids is 1. The van der Waals surface area contributed by atoms with Crippen LogP contribution in [0.1, 0.15) is 18.4 Å². The van der Waals surface area contributed by atoms with Crippen molar-refractivity contribution in [2.45, 2.75) is 18.9 Å². The summed E-state index contributed by atoms with van der Waals surface area (Å²) in [4.78, 5) is 10.6. The van der Waals surface area contributed by atoms with Gasteiger partial charge in [-0.05, 0) is 31.1 Å². The fourth-order valence-electron chi connectivity index (χ4n) is 1.97. The van der Waals surface area contributed by atoms with E-state index in [-0.39, 0.29) is 6.10 Å². The minimum atomic E-state index is -1.05. The van der Waals surface area contributed by atoms with Crippen molar-refractivity contribution in [1.82, 2.24) is 0 Å². The Kier molecular flexibility index (Phi) is 5.29. The van der Waals surface area contributed by atoms with Crippen molar-refractivity contribution < 1.29 is 19.4 Å². The molecule has 1 aliphatic heterocycles. The van der Waals surface area contributed by atoms with Gasteiger partial charge in [0, 0.05) is 23.3 Å². The summed E-state index contributed by atoms with van der Waals surface area (Å²) in [5.41, 5.74) is 0.530. The lowest BCUT2D eigenvalue weighted by Crippen LogP contribution is -2.16. The standard InChI is InChI=1S/C14H14Cl2O4/c15-10-6-9(3-4-13(17)18)14(12(16)7-10)20-8-11-2-1-5-19-11/h3-4,6-7,11H,1-2,5,8H2,(H,17,18)/b4-3+. The lowest BCUT2D eigenvalue weighted by molar-refractivity contribution is -0.131. The third-order valence-electron chi connectivity index (χ3n) is 2.88. The van der Waals surface area contributed by atoms with Gasteiger partial charge in [-0.3, -0.25) is 0 Å². The van der Waals surface area contributed by atoms with E-state index in [0.29, 0.717) is 28.0 Å². The molecule has 1 aliphatic rings. The molecule has 0 amide bonds. The molecular weight excluding hydrogens is 303 g/mol. The van der Waals surface area contributed by atoms with Crippen LogP contribution in [-0.2, 0) is 9.53 Å². The maximum atomic E-state index is 10.6. The zero-order valence-electron chi connectivity index (χ0n) is 10.6. The van der Waals surface area contributed by atoms with E-state index in [1.54, 1.807) is 12.1 Å². The first-order valence-corrected chi connectivity index (χ1v) is 6.96. The van der Waals surface area contributed by atoms with Gasteiger partial charge < -0.3 is 14.6 Å². The molecule has 1 saturated heterocycles. The third-order valence-corrected chi connectivity index (χ3v) is 3.38. The van der Waals surface area contributed by atoms with Crippen molar-refractivity contribution in [2.75, 3.05) is 13.2 Å². The third kappa shape index (κ3) is 4.13. The summed E-state index contributed by atoms with van der Waals surface area (Å²) in [6.07, 6.45) is 4.45. The summed E-state index contributed by atoms with van der Waals surface area (Å²) in [5.74, 6) is -0.629. The molecular formula is C14H14Cl2O4. The van der Waals surface area contributed by atoms with Gasteiger partial charge in [-0.25, -0.2) is 4.79 Å². The predicted molar refractivity (Wildman–Crippen MR) is 77.6 cm³/mol. The van der Waals surface area contributed by atoms with Gasteiger partial charge in [-0.1, -0.05) is 23.2 Å². The van der Waals surface area contributed by atoms with Crippen LogP contribution in [0.15, 0.2) is 18.2 Å². The van der Waals surface area contributed by atoms with E-state index in [9.17, 15) is 4.79 Å². The summed E-state index contributed by atoms with van der Waals surface area (Å²) < 4.78 is 11.1. The fraction of sp³-hybridized carbons (Fsp3) is 0.357. The lowest BCUT2D eigenvalue weighted by atomic mass is 10.2. The van der Waals surface area contributed by atoms with Crippen molar-refractivity contribution in [2.24, 2.45) is 0 Å². The number of hydrogen-bond acceptors (Lipinski definition) is 3. The Bertz CT molecular complexity index is 522. The van der Waals surface area contributed by atoms with E-state index >= 15 is 0 Å². The van der Waals surface area contributed by atoms with E-state index in [4.69, 9.17) is 37.8 Å². The van der Waals surface area contributed by atoms with Gasteiger partial charge in [0.05, 0.1) is 11.1 Å². The number of carboxylic acid groups (broad SMARTS) is 1. The molecule has 108 valence electrons. The normalized spacial score (nSPS) is 18.6. The number of benzene rings is 1. The Labute approximate surface area is 126 Å². The molecule has 1 N–H and O–H groups in total. The summed E-state index contributed by atoms with van der Waals surface area (Å²) >= 11 is 12.0. The zero-order valence-corrected chi connectivity index (χ0v) is 12.2. The molecule has 0 aromatic heterocycles. The van der Waals surface area contributed by atoms with Crippen LogP contribution < -0.4 is 4.74 Å². The molecule has 4 nitrogen and oxygen atoms in total. The highest BCUT2D eigenvalue weighted by atomic mass is 35.5. The van der Waals surface area contributed by atoms with Crippen molar-refractivity contribution in [3.8, 4) is 5.75 Å². The molecule has 0 aliphatic carbocycles. The van der Waals surface area contributed by atoms with Gasteiger partial charge in [0.15, 0.2) is 0 Å². The van der Waals surface area contributed by atoms with Crippen LogP contribution >= 0.6 is 23.2 Å². The molecule has 2 rings (SSSR count). The van der Waals surface area contributed by atoms with Gasteiger partial charge in [-0.2, -0.15) is 0 Å². The number of halogens is 2. The van der Waals surface area contributed by atoms with Gasteiger partial charge in [0.1, 0.15) is 12.4 Å². The molecule has 1 unspecified atom stereocenters. The van der Waals surface area contributed by atoms with Gasteiger partial charge in [-0.15, -0.1) is 0 Å². The minimum Gasteiger partial charge on any atom is -0.489 e. The van der Waals surface area contributed by atoms with E-state index < -0.39 is 5.97 Å². The number of ether oxygens (including phenoxy) is 2. The maximum Gasteiger partial charge on any atom is 0.328 e. The quantitative estimate of drug-likeness (QED) is 0.842. The molecule has 20 heavy (non-hydrogen) atoms. The zero-order chi connectivity index (χ0) is 14.5. The fourth-order valence-corrected chi connectivity index (χ4v) is 2.53. The van der Waals surface area contributed by atoms with Gasteiger partial charge in [0.2, 0.25) is 0 Å². The summed E-state index contributed by atoms with van der Waals surface area (Å²) in [7, 11) is 0. The molecule has 6 heteroatoms. The molecule has 0 radical (unpaired) electrons. The average Bonchev–Trinajstić information content (AvgIpc) is 2.88. The first kappa shape index (κ1) is 15.2. The number of rotatable bonds is 5. The van der Waals surface area contributed by atoms with Crippen LogP contribution in [0.2, 0.25) is 10.0 Å². The first-order chi connectivity index (χ1) is 9.56. The summed E-state index contributed by atoms with van der Waals surface area (Å²) in [6.45, 7) is 1.13. The van der Waals surface area contributed by atoms with Crippen molar-refractivity contribution in [1.29, 1.82) is 0 Å². The van der Waals surface area contributed by atoms with Crippen LogP contribution in [0.3, 0.4) is 0 Å².